The molecule has 106 valence electrons. The minimum Gasteiger partial charge on any atom is -0.495 e. The number of para-hydroxylation sites is 2. The monoisotopic (exact) mass is 265 g/mol. The van der Waals surface area contributed by atoms with Gasteiger partial charge in [0.15, 0.2) is 0 Å². The summed E-state index contributed by atoms with van der Waals surface area (Å²) in [5.41, 5.74) is 0.115. The van der Waals surface area contributed by atoms with E-state index in [-0.39, 0.29) is 5.97 Å². The van der Waals surface area contributed by atoms with Crippen molar-refractivity contribution in [3.63, 3.8) is 0 Å². The van der Waals surface area contributed by atoms with Crippen molar-refractivity contribution in [1.82, 2.24) is 0 Å². The van der Waals surface area contributed by atoms with Gasteiger partial charge in [0.05, 0.1) is 19.9 Å². The van der Waals surface area contributed by atoms with Gasteiger partial charge >= 0.3 is 5.97 Å². The fraction of sp³-hybridized carbons (Fsp3) is 0.533. The van der Waals surface area contributed by atoms with E-state index in [1.807, 2.05) is 31.2 Å². The molecule has 0 aliphatic carbocycles. The molecule has 1 rings (SSSR count). The second kappa shape index (κ2) is 7.02. The summed E-state index contributed by atoms with van der Waals surface area (Å²) in [7, 11) is 3.04. The molecule has 0 saturated carbocycles. The molecular formula is C15H23NO3. The summed E-state index contributed by atoms with van der Waals surface area (Å²) in [6.07, 6.45) is 2.27. The van der Waals surface area contributed by atoms with Crippen LogP contribution in [0, 0.1) is 0 Å². The van der Waals surface area contributed by atoms with E-state index in [9.17, 15) is 4.79 Å². The van der Waals surface area contributed by atoms with Crippen LogP contribution in [0.2, 0.25) is 0 Å². The summed E-state index contributed by atoms with van der Waals surface area (Å²) >= 11 is 0. The van der Waals surface area contributed by atoms with Gasteiger partial charge in [-0.3, -0.25) is 0 Å². The summed E-state index contributed by atoms with van der Waals surface area (Å²) < 4.78 is 10.3. The van der Waals surface area contributed by atoms with Crippen LogP contribution in [0.5, 0.6) is 5.75 Å². The van der Waals surface area contributed by atoms with Gasteiger partial charge in [-0.2, -0.15) is 0 Å². The highest BCUT2D eigenvalue weighted by Gasteiger charge is 2.37. The molecule has 0 radical (unpaired) electrons. The molecule has 0 fully saturated rings. The van der Waals surface area contributed by atoms with Crippen LogP contribution >= 0.6 is 0 Å². The molecule has 1 N–H and O–H groups in total. The Morgan fingerprint density at radius 2 is 1.95 bits per heavy atom. The molecular weight excluding hydrogens is 242 g/mol. The number of benzene rings is 1. The first kappa shape index (κ1) is 15.3. The second-order valence-electron chi connectivity index (χ2n) is 4.50. The average Bonchev–Trinajstić information content (AvgIpc) is 2.46. The number of carbonyl (C=O) groups is 1. The van der Waals surface area contributed by atoms with Gasteiger partial charge in [-0.15, -0.1) is 0 Å². The highest BCUT2D eigenvalue weighted by atomic mass is 16.5. The maximum absolute atomic E-state index is 12.1. The second-order valence-corrected chi connectivity index (χ2v) is 4.50. The maximum Gasteiger partial charge on any atom is 0.331 e. The molecule has 0 aliphatic heterocycles. The largest absolute Gasteiger partial charge is 0.495 e. The number of anilines is 1. The molecule has 1 aromatic rings. The topological polar surface area (TPSA) is 47.6 Å². The van der Waals surface area contributed by atoms with Gasteiger partial charge in [-0.1, -0.05) is 32.4 Å². The molecule has 0 aliphatic rings. The molecule has 4 heteroatoms. The van der Waals surface area contributed by atoms with Gasteiger partial charge < -0.3 is 14.8 Å². The zero-order chi connectivity index (χ0) is 14.3. The van der Waals surface area contributed by atoms with E-state index >= 15 is 0 Å². The van der Waals surface area contributed by atoms with Crippen LogP contribution in [-0.2, 0) is 9.53 Å². The van der Waals surface area contributed by atoms with Crippen molar-refractivity contribution in [2.45, 2.75) is 38.6 Å². The lowest BCUT2D eigenvalue weighted by molar-refractivity contribution is -0.146. The molecule has 0 heterocycles. The van der Waals surface area contributed by atoms with Gasteiger partial charge in [0.25, 0.3) is 0 Å². The van der Waals surface area contributed by atoms with E-state index in [0.717, 1.165) is 17.9 Å². The van der Waals surface area contributed by atoms with Crippen LogP contribution in [0.25, 0.3) is 0 Å². The van der Waals surface area contributed by atoms with Crippen LogP contribution in [-0.4, -0.2) is 25.7 Å². The first-order valence-corrected chi connectivity index (χ1v) is 6.63. The molecule has 0 saturated heterocycles. The summed E-state index contributed by atoms with van der Waals surface area (Å²) in [5, 5.41) is 3.31. The summed E-state index contributed by atoms with van der Waals surface area (Å²) in [4.78, 5) is 12.1. The maximum atomic E-state index is 12.1. The average molecular weight is 265 g/mol. The van der Waals surface area contributed by atoms with E-state index in [4.69, 9.17) is 9.47 Å². The lowest BCUT2D eigenvalue weighted by Crippen LogP contribution is -2.46. The van der Waals surface area contributed by atoms with E-state index in [0.29, 0.717) is 12.8 Å². The third-order valence-electron chi connectivity index (χ3n) is 3.34. The number of hydrogen-bond acceptors (Lipinski definition) is 4. The number of nitrogens with one attached hydrogen (secondary N) is 1. The quantitative estimate of drug-likeness (QED) is 0.769. The summed E-state index contributed by atoms with van der Waals surface area (Å²) in [6.45, 7) is 4.03. The van der Waals surface area contributed by atoms with Crippen LogP contribution < -0.4 is 10.1 Å². The van der Waals surface area contributed by atoms with Crippen molar-refractivity contribution < 1.29 is 14.3 Å². The SMILES string of the molecule is CCCC(CC)(Nc1ccccc1OC)C(=O)OC. The lowest BCUT2D eigenvalue weighted by Gasteiger charge is -2.32. The molecule has 0 spiro atoms. The molecule has 0 bridgehead atoms. The zero-order valence-electron chi connectivity index (χ0n) is 12.2. The Labute approximate surface area is 115 Å². The van der Waals surface area contributed by atoms with E-state index in [2.05, 4.69) is 12.2 Å². The fourth-order valence-corrected chi connectivity index (χ4v) is 2.25. The highest BCUT2D eigenvalue weighted by Crippen LogP contribution is 2.31. The minimum absolute atomic E-state index is 0.234. The van der Waals surface area contributed by atoms with Gasteiger partial charge in [0, 0.05) is 0 Å². The predicted molar refractivity (Wildman–Crippen MR) is 76.6 cm³/mol. The Morgan fingerprint density at radius 1 is 1.26 bits per heavy atom. The first-order valence-electron chi connectivity index (χ1n) is 6.63. The van der Waals surface area contributed by atoms with Crippen molar-refractivity contribution in [3.05, 3.63) is 24.3 Å². The number of hydrogen-bond donors (Lipinski definition) is 1. The van der Waals surface area contributed by atoms with Gasteiger partial charge in [-0.25, -0.2) is 4.79 Å². The summed E-state index contributed by atoms with van der Waals surface area (Å²) in [5.74, 6) is 0.489. The Hall–Kier alpha value is -1.71. The predicted octanol–water partition coefficient (Wildman–Crippen LogP) is 3.23. The number of carbonyl (C=O) groups excluding carboxylic acids is 1. The molecule has 0 amide bonds. The van der Waals surface area contributed by atoms with Gasteiger partial charge in [0.1, 0.15) is 11.3 Å². The summed E-state index contributed by atoms with van der Waals surface area (Å²) in [6, 6.07) is 7.58. The molecule has 1 aromatic carbocycles. The number of ether oxygens (including phenoxy) is 2. The van der Waals surface area contributed by atoms with Crippen LogP contribution in [0.15, 0.2) is 24.3 Å². The zero-order valence-corrected chi connectivity index (χ0v) is 12.2. The number of esters is 1. The Kier molecular flexibility index (Phi) is 5.67. The van der Waals surface area contributed by atoms with Gasteiger partial charge in [-0.05, 0) is 25.0 Å². The van der Waals surface area contributed by atoms with Crippen LogP contribution in [0.1, 0.15) is 33.1 Å². The minimum atomic E-state index is -0.696. The highest BCUT2D eigenvalue weighted by molar-refractivity contribution is 5.85. The van der Waals surface area contributed by atoms with E-state index in [1.165, 1.54) is 7.11 Å². The van der Waals surface area contributed by atoms with Crippen molar-refractivity contribution in [1.29, 1.82) is 0 Å². The van der Waals surface area contributed by atoms with Crippen molar-refractivity contribution in [3.8, 4) is 5.75 Å². The third-order valence-corrected chi connectivity index (χ3v) is 3.34. The number of methoxy groups -OCH3 is 2. The standard InChI is InChI=1S/C15H23NO3/c1-5-11-15(6-2,14(17)19-4)16-12-9-7-8-10-13(12)18-3/h7-10,16H,5-6,11H2,1-4H3. The normalized spacial score (nSPS) is 13.5. The molecule has 4 nitrogen and oxygen atoms in total. The van der Waals surface area contributed by atoms with E-state index < -0.39 is 5.54 Å². The van der Waals surface area contributed by atoms with Crippen molar-refractivity contribution in [2.24, 2.45) is 0 Å². The Bertz CT molecular complexity index is 420. The number of rotatable bonds is 7. The molecule has 1 unspecified atom stereocenters. The molecule has 1 atom stereocenters. The van der Waals surface area contributed by atoms with Crippen LogP contribution in [0.3, 0.4) is 0 Å². The van der Waals surface area contributed by atoms with E-state index in [1.54, 1.807) is 7.11 Å². The lowest BCUT2D eigenvalue weighted by atomic mass is 9.90. The Morgan fingerprint density at radius 3 is 2.47 bits per heavy atom. The molecule has 0 aromatic heterocycles. The first-order chi connectivity index (χ1) is 9.13. The smallest absolute Gasteiger partial charge is 0.331 e. The van der Waals surface area contributed by atoms with Crippen molar-refractivity contribution >= 4 is 11.7 Å². The van der Waals surface area contributed by atoms with Crippen molar-refractivity contribution in [2.75, 3.05) is 19.5 Å². The Balaban J connectivity index is 3.09. The third kappa shape index (κ3) is 3.40. The van der Waals surface area contributed by atoms with Gasteiger partial charge in [0.2, 0.25) is 0 Å². The molecule has 19 heavy (non-hydrogen) atoms. The fourth-order valence-electron chi connectivity index (χ4n) is 2.25. The van der Waals surface area contributed by atoms with Crippen LogP contribution in [0.4, 0.5) is 5.69 Å².